The van der Waals surface area contributed by atoms with Crippen molar-refractivity contribution in [1.29, 1.82) is 0 Å². The largest absolute Gasteiger partial charge is 0.494 e. The smallest absolute Gasteiger partial charge is 0.119 e. The number of ether oxygens (including phenoxy) is 1. The number of hydrogen-bond donors (Lipinski definition) is 0. The molecule has 4 heteroatoms. The van der Waals surface area contributed by atoms with Crippen molar-refractivity contribution in [3.63, 3.8) is 0 Å². The highest BCUT2D eigenvalue weighted by Crippen LogP contribution is 2.17. The van der Waals surface area contributed by atoms with Crippen molar-refractivity contribution in [3.8, 4) is 5.75 Å². The van der Waals surface area contributed by atoms with E-state index in [-0.39, 0.29) is 8.16 Å². The molecule has 0 bridgehead atoms. The summed E-state index contributed by atoms with van der Waals surface area (Å²) in [7, 11) is 0.0722. The molecule has 0 saturated carbocycles. The first-order valence-electron chi connectivity index (χ1n) is 5.00. The maximum absolute atomic E-state index is 5.58. The average Bonchev–Trinajstić information content (AvgIpc) is 2.23. The lowest BCUT2D eigenvalue weighted by Gasteiger charge is -2.06. The van der Waals surface area contributed by atoms with E-state index in [1.807, 2.05) is 18.2 Å². The number of unbranched alkanes of at least 4 members (excludes halogenated alkanes) is 1. The molecular formula is C11H16ClO2P. The van der Waals surface area contributed by atoms with E-state index >= 15 is 0 Å². The van der Waals surface area contributed by atoms with Gasteiger partial charge in [0.1, 0.15) is 13.9 Å². The molecule has 2 nitrogen and oxygen atoms in total. The minimum absolute atomic E-state index is 0.0722. The van der Waals surface area contributed by atoms with Gasteiger partial charge in [-0.2, -0.15) is 0 Å². The van der Waals surface area contributed by atoms with Gasteiger partial charge in [-0.25, -0.2) is 0 Å². The van der Waals surface area contributed by atoms with Crippen LogP contribution in [0, 0.1) is 6.92 Å². The summed E-state index contributed by atoms with van der Waals surface area (Å²) in [6.07, 6.45) is 1.99. The fourth-order valence-corrected chi connectivity index (χ4v) is 1.66. The van der Waals surface area contributed by atoms with E-state index in [2.05, 4.69) is 13.0 Å². The van der Waals surface area contributed by atoms with Crippen LogP contribution >= 0.6 is 19.4 Å². The van der Waals surface area contributed by atoms with Crippen LogP contribution in [-0.2, 0) is 4.52 Å². The van der Waals surface area contributed by atoms with Gasteiger partial charge in [0.2, 0.25) is 0 Å². The number of hydrogen-bond acceptors (Lipinski definition) is 2. The van der Waals surface area contributed by atoms with Gasteiger partial charge < -0.3 is 9.26 Å². The van der Waals surface area contributed by atoms with Crippen LogP contribution in [0.5, 0.6) is 5.75 Å². The van der Waals surface area contributed by atoms with Crippen LogP contribution in [0.2, 0.25) is 0 Å². The van der Waals surface area contributed by atoms with E-state index in [4.69, 9.17) is 20.5 Å². The molecule has 1 aromatic carbocycles. The first kappa shape index (κ1) is 12.8. The third-order valence-electron chi connectivity index (χ3n) is 1.95. The van der Waals surface area contributed by atoms with Gasteiger partial charge in [-0.15, -0.1) is 0 Å². The SMILES string of the molecule is Cc1cccc(OCCCCOPCl)c1. The number of benzene rings is 1. The molecule has 0 N–H and O–H groups in total. The molecule has 0 amide bonds. The van der Waals surface area contributed by atoms with Crippen molar-refractivity contribution < 1.29 is 9.26 Å². The summed E-state index contributed by atoms with van der Waals surface area (Å²) in [6.45, 7) is 3.51. The molecule has 0 fully saturated rings. The summed E-state index contributed by atoms with van der Waals surface area (Å²) in [5.74, 6) is 0.940. The Kier molecular flexibility index (Phi) is 6.74. The minimum Gasteiger partial charge on any atom is -0.494 e. The Bertz CT molecular complexity index is 281. The van der Waals surface area contributed by atoms with Crippen LogP contribution < -0.4 is 4.74 Å². The quantitative estimate of drug-likeness (QED) is 0.536. The second-order valence-corrected chi connectivity index (χ2v) is 4.20. The zero-order chi connectivity index (χ0) is 10.9. The molecule has 1 aromatic rings. The van der Waals surface area contributed by atoms with Crippen molar-refractivity contribution in [3.05, 3.63) is 29.8 Å². The average molecular weight is 247 g/mol. The molecule has 1 unspecified atom stereocenters. The Morgan fingerprint density at radius 2 is 2.07 bits per heavy atom. The van der Waals surface area contributed by atoms with Gasteiger partial charge in [0.15, 0.2) is 0 Å². The molecular weight excluding hydrogens is 231 g/mol. The van der Waals surface area contributed by atoms with Gasteiger partial charge in [-0.1, -0.05) is 23.4 Å². The maximum atomic E-state index is 5.58. The second kappa shape index (κ2) is 7.92. The molecule has 0 heterocycles. The Labute approximate surface area is 97.6 Å². The highest BCUT2D eigenvalue weighted by atomic mass is 35.7. The van der Waals surface area contributed by atoms with Crippen LogP contribution in [0.4, 0.5) is 0 Å². The zero-order valence-electron chi connectivity index (χ0n) is 8.83. The van der Waals surface area contributed by atoms with Gasteiger partial charge in [-0.3, -0.25) is 0 Å². The fourth-order valence-electron chi connectivity index (χ4n) is 1.21. The summed E-state index contributed by atoms with van der Waals surface area (Å²) in [6, 6.07) is 8.07. The molecule has 84 valence electrons. The topological polar surface area (TPSA) is 18.5 Å². The van der Waals surface area contributed by atoms with Crippen LogP contribution in [0.3, 0.4) is 0 Å². The molecule has 0 aliphatic heterocycles. The number of aryl methyl sites for hydroxylation is 1. The van der Waals surface area contributed by atoms with Crippen LogP contribution in [0.1, 0.15) is 18.4 Å². The first-order chi connectivity index (χ1) is 7.33. The van der Waals surface area contributed by atoms with Gasteiger partial charge >= 0.3 is 0 Å². The Balaban J connectivity index is 2.10. The standard InChI is InChI=1S/C11H16ClO2P/c1-10-5-4-6-11(9-10)13-7-2-3-8-14-15-12/h4-6,9,15H,2-3,7-8H2,1H3. The number of halogens is 1. The minimum atomic E-state index is 0.0722. The van der Waals surface area contributed by atoms with Crippen molar-refractivity contribution >= 4 is 19.4 Å². The molecule has 15 heavy (non-hydrogen) atoms. The van der Waals surface area contributed by atoms with E-state index in [0.717, 1.165) is 31.8 Å². The van der Waals surface area contributed by atoms with E-state index in [0.29, 0.717) is 0 Å². The highest BCUT2D eigenvalue weighted by molar-refractivity contribution is 7.64. The predicted octanol–water partition coefficient (Wildman–Crippen LogP) is 3.92. The van der Waals surface area contributed by atoms with E-state index in [1.54, 1.807) is 0 Å². The normalized spacial score (nSPS) is 11.1. The van der Waals surface area contributed by atoms with E-state index in [9.17, 15) is 0 Å². The molecule has 0 saturated heterocycles. The lowest BCUT2D eigenvalue weighted by Crippen LogP contribution is -1.98. The Hall–Kier alpha value is -0.300. The van der Waals surface area contributed by atoms with E-state index in [1.165, 1.54) is 5.56 Å². The highest BCUT2D eigenvalue weighted by Gasteiger charge is 1.94. The summed E-state index contributed by atoms with van der Waals surface area (Å²) in [4.78, 5) is 0. The van der Waals surface area contributed by atoms with Crippen LogP contribution in [0.15, 0.2) is 24.3 Å². The predicted molar refractivity (Wildman–Crippen MR) is 66.0 cm³/mol. The molecule has 0 radical (unpaired) electrons. The van der Waals surface area contributed by atoms with Gasteiger partial charge in [-0.05, 0) is 37.5 Å². The molecule has 0 aliphatic rings. The molecule has 1 rings (SSSR count). The maximum Gasteiger partial charge on any atom is 0.119 e. The molecule has 0 aromatic heterocycles. The van der Waals surface area contributed by atoms with Crippen LogP contribution in [0.25, 0.3) is 0 Å². The van der Waals surface area contributed by atoms with Crippen molar-refractivity contribution in [1.82, 2.24) is 0 Å². The van der Waals surface area contributed by atoms with Crippen molar-refractivity contribution in [2.45, 2.75) is 19.8 Å². The first-order valence-corrected chi connectivity index (χ1v) is 6.92. The molecule has 0 aliphatic carbocycles. The van der Waals surface area contributed by atoms with Crippen LogP contribution in [-0.4, -0.2) is 13.2 Å². The molecule has 1 atom stereocenters. The van der Waals surface area contributed by atoms with Gasteiger partial charge in [0, 0.05) is 0 Å². The van der Waals surface area contributed by atoms with E-state index < -0.39 is 0 Å². The second-order valence-electron chi connectivity index (χ2n) is 3.30. The van der Waals surface area contributed by atoms with Crippen molar-refractivity contribution in [2.24, 2.45) is 0 Å². The van der Waals surface area contributed by atoms with Crippen molar-refractivity contribution in [2.75, 3.05) is 13.2 Å². The molecule has 0 spiro atoms. The summed E-state index contributed by atoms with van der Waals surface area (Å²) >= 11 is 5.40. The third kappa shape index (κ3) is 5.99. The lowest BCUT2D eigenvalue weighted by molar-refractivity contribution is 0.282. The Morgan fingerprint density at radius 1 is 1.27 bits per heavy atom. The summed E-state index contributed by atoms with van der Waals surface area (Å²) in [5, 5.41) is 0. The summed E-state index contributed by atoms with van der Waals surface area (Å²) in [5.41, 5.74) is 1.22. The monoisotopic (exact) mass is 246 g/mol. The zero-order valence-corrected chi connectivity index (χ0v) is 10.6. The lowest BCUT2D eigenvalue weighted by atomic mass is 10.2. The van der Waals surface area contributed by atoms with Gasteiger partial charge in [0.25, 0.3) is 0 Å². The summed E-state index contributed by atoms with van der Waals surface area (Å²) < 4.78 is 10.6. The Morgan fingerprint density at radius 3 is 2.80 bits per heavy atom. The fraction of sp³-hybridized carbons (Fsp3) is 0.455. The number of rotatable bonds is 7. The third-order valence-corrected chi connectivity index (χ3v) is 2.59. The van der Waals surface area contributed by atoms with Gasteiger partial charge in [0.05, 0.1) is 13.2 Å².